The molecule has 3 unspecified atom stereocenters. The molecule has 1 heterocycles. The zero-order valence-corrected chi connectivity index (χ0v) is 12.0. The van der Waals surface area contributed by atoms with Gasteiger partial charge >= 0.3 is 11.9 Å². The number of Topliss-reactive ketones (excluding diaryl/α,β-unsaturated/α-hetero) is 1. The predicted molar refractivity (Wildman–Crippen MR) is 70.7 cm³/mol. The van der Waals surface area contributed by atoms with Crippen molar-refractivity contribution in [3.63, 3.8) is 0 Å². The van der Waals surface area contributed by atoms with Crippen molar-refractivity contribution in [1.29, 1.82) is 0 Å². The van der Waals surface area contributed by atoms with Crippen molar-refractivity contribution in [1.82, 2.24) is 0 Å². The second-order valence-electron chi connectivity index (χ2n) is 5.97. The van der Waals surface area contributed by atoms with Crippen LogP contribution in [0.5, 0.6) is 0 Å². The summed E-state index contributed by atoms with van der Waals surface area (Å²) in [5, 5.41) is 0. The zero-order chi connectivity index (χ0) is 14.9. The maximum Gasteiger partial charge on any atom is 0.331 e. The van der Waals surface area contributed by atoms with Gasteiger partial charge in [0.1, 0.15) is 17.8 Å². The lowest BCUT2D eigenvalue weighted by Crippen LogP contribution is -2.50. The summed E-state index contributed by atoms with van der Waals surface area (Å²) >= 11 is 0. The first-order valence-corrected chi connectivity index (χ1v) is 6.95. The van der Waals surface area contributed by atoms with Crippen LogP contribution < -0.4 is 0 Å². The van der Waals surface area contributed by atoms with Crippen LogP contribution in [-0.2, 0) is 23.9 Å². The van der Waals surface area contributed by atoms with E-state index in [9.17, 15) is 14.4 Å². The summed E-state index contributed by atoms with van der Waals surface area (Å²) in [6, 6.07) is 0. The second-order valence-corrected chi connectivity index (χ2v) is 5.97. The van der Waals surface area contributed by atoms with E-state index < -0.39 is 24.0 Å². The standard InChI is InChI=1S/C15H20O5/c1-4-19-14(18)12-9(16)7-8-15(2,3)13(12)10-5-6-11(17)20-10/h5-6,10,12-13H,4,7-8H2,1-3H3. The molecule has 0 N–H and O–H groups in total. The predicted octanol–water partition coefficient (Wildman–Crippen LogP) is 1.65. The molecule has 1 aliphatic carbocycles. The smallest absolute Gasteiger partial charge is 0.331 e. The quantitative estimate of drug-likeness (QED) is 0.581. The molecule has 0 bridgehead atoms. The summed E-state index contributed by atoms with van der Waals surface area (Å²) in [5.74, 6) is -2.27. The summed E-state index contributed by atoms with van der Waals surface area (Å²) < 4.78 is 10.3. The molecule has 0 spiro atoms. The van der Waals surface area contributed by atoms with Gasteiger partial charge in [0.2, 0.25) is 0 Å². The lowest BCUT2D eigenvalue weighted by molar-refractivity contribution is -0.166. The van der Waals surface area contributed by atoms with Crippen molar-refractivity contribution in [2.75, 3.05) is 6.61 Å². The Hall–Kier alpha value is -1.65. The van der Waals surface area contributed by atoms with Crippen LogP contribution in [0.25, 0.3) is 0 Å². The van der Waals surface area contributed by atoms with Gasteiger partial charge in [0.15, 0.2) is 0 Å². The van der Waals surface area contributed by atoms with Gasteiger partial charge in [0.25, 0.3) is 0 Å². The van der Waals surface area contributed by atoms with Gasteiger partial charge in [-0.1, -0.05) is 13.8 Å². The van der Waals surface area contributed by atoms with Crippen LogP contribution in [0.4, 0.5) is 0 Å². The third kappa shape index (κ3) is 2.62. The molecule has 1 fully saturated rings. The van der Waals surface area contributed by atoms with Crippen molar-refractivity contribution < 1.29 is 23.9 Å². The second kappa shape index (κ2) is 5.38. The average molecular weight is 280 g/mol. The van der Waals surface area contributed by atoms with E-state index in [4.69, 9.17) is 9.47 Å². The molecule has 1 saturated carbocycles. The summed E-state index contributed by atoms with van der Waals surface area (Å²) in [4.78, 5) is 35.6. The molecule has 2 rings (SSSR count). The number of rotatable bonds is 3. The first kappa shape index (κ1) is 14.8. The molecule has 0 amide bonds. The van der Waals surface area contributed by atoms with Crippen molar-refractivity contribution in [3.8, 4) is 0 Å². The van der Waals surface area contributed by atoms with Gasteiger partial charge in [0.05, 0.1) is 6.61 Å². The summed E-state index contributed by atoms with van der Waals surface area (Å²) in [7, 11) is 0. The Bertz CT molecular complexity index is 463. The van der Waals surface area contributed by atoms with Crippen molar-refractivity contribution in [2.45, 2.75) is 39.7 Å². The van der Waals surface area contributed by atoms with E-state index >= 15 is 0 Å². The molecule has 5 nitrogen and oxygen atoms in total. The van der Waals surface area contributed by atoms with E-state index in [0.717, 1.165) is 0 Å². The molecule has 0 aromatic carbocycles. The van der Waals surface area contributed by atoms with Gasteiger partial charge in [-0.25, -0.2) is 4.79 Å². The number of hydrogen-bond acceptors (Lipinski definition) is 5. The maximum atomic E-state index is 12.2. The van der Waals surface area contributed by atoms with Crippen molar-refractivity contribution in [3.05, 3.63) is 12.2 Å². The van der Waals surface area contributed by atoms with Crippen LogP contribution in [0.1, 0.15) is 33.6 Å². The maximum absolute atomic E-state index is 12.2. The molecular formula is C15H20O5. The highest BCUT2D eigenvalue weighted by atomic mass is 16.5. The fourth-order valence-electron chi connectivity index (χ4n) is 3.14. The number of ketones is 1. The molecular weight excluding hydrogens is 260 g/mol. The van der Waals surface area contributed by atoms with Gasteiger partial charge in [0, 0.05) is 18.4 Å². The average Bonchev–Trinajstić information content (AvgIpc) is 2.78. The number of cyclic esters (lactones) is 1. The number of carbonyl (C=O) groups is 3. The van der Waals surface area contributed by atoms with E-state index in [2.05, 4.69) is 0 Å². The summed E-state index contributed by atoms with van der Waals surface area (Å²) in [5.41, 5.74) is -0.273. The first-order valence-electron chi connectivity index (χ1n) is 6.95. The van der Waals surface area contributed by atoms with Crippen LogP contribution in [0.3, 0.4) is 0 Å². The van der Waals surface area contributed by atoms with E-state index in [-0.39, 0.29) is 23.7 Å². The summed E-state index contributed by atoms with van der Waals surface area (Å²) in [6.07, 6.45) is 3.49. The normalized spacial score (nSPS) is 32.0. The first-order chi connectivity index (χ1) is 9.36. The fraction of sp³-hybridized carbons (Fsp3) is 0.667. The third-order valence-electron chi connectivity index (χ3n) is 4.19. The highest BCUT2D eigenvalue weighted by molar-refractivity contribution is 6.00. The van der Waals surface area contributed by atoms with Gasteiger partial charge in [-0.2, -0.15) is 0 Å². The summed E-state index contributed by atoms with van der Waals surface area (Å²) in [6.45, 7) is 5.93. The molecule has 0 aromatic rings. The van der Waals surface area contributed by atoms with Gasteiger partial charge < -0.3 is 9.47 Å². The highest BCUT2D eigenvalue weighted by Crippen LogP contribution is 2.46. The Morgan fingerprint density at radius 2 is 2.15 bits per heavy atom. The molecule has 5 heteroatoms. The minimum Gasteiger partial charge on any atom is -0.465 e. The molecule has 3 atom stereocenters. The van der Waals surface area contributed by atoms with Crippen molar-refractivity contribution in [2.24, 2.45) is 17.3 Å². The monoisotopic (exact) mass is 280 g/mol. The molecule has 0 saturated heterocycles. The van der Waals surface area contributed by atoms with Crippen LogP contribution in [0, 0.1) is 17.3 Å². The topological polar surface area (TPSA) is 69.7 Å². The lowest BCUT2D eigenvalue weighted by Gasteiger charge is -2.43. The largest absolute Gasteiger partial charge is 0.465 e. The van der Waals surface area contributed by atoms with Gasteiger partial charge in [-0.15, -0.1) is 0 Å². The lowest BCUT2D eigenvalue weighted by atomic mass is 9.61. The number of esters is 2. The van der Waals surface area contributed by atoms with Crippen LogP contribution in [-0.4, -0.2) is 30.4 Å². The molecule has 110 valence electrons. The van der Waals surface area contributed by atoms with E-state index in [0.29, 0.717) is 12.8 Å². The molecule has 0 aromatic heterocycles. The molecule has 20 heavy (non-hydrogen) atoms. The van der Waals surface area contributed by atoms with Crippen LogP contribution in [0.15, 0.2) is 12.2 Å². The molecule has 1 aliphatic heterocycles. The Morgan fingerprint density at radius 3 is 2.70 bits per heavy atom. The third-order valence-corrected chi connectivity index (χ3v) is 4.19. The SMILES string of the molecule is CCOC(=O)C1C(=O)CCC(C)(C)C1C1C=CC(=O)O1. The van der Waals surface area contributed by atoms with Crippen LogP contribution in [0.2, 0.25) is 0 Å². The Morgan fingerprint density at radius 1 is 1.45 bits per heavy atom. The number of ether oxygens (including phenoxy) is 2. The van der Waals surface area contributed by atoms with Crippen LogP contribution >= 0.6 is 0 Å². The van der Waals surface area contributed by atoms with Gasteiger partial charge in [-0.05, 0) is 24.8 Å². The Balaban J connectivity index is 2.32. The fourth-order valence-corrected chi connectivity index (χ4v) is 3.14. The Kier molecular flexibility index (Phi) is 3.97. The molecule has 2 aliphatic rings. The van der Waals surface area contributed by atoms with E-state index in [1.54, 1.807) is 13.0 Å². The minimum atomic E-state index is -0.848. The van der Waals surface area contributed by atoms with Crippen molar-refractivity contribution >= 4 is 17.7 Å². The number of carbonyl (C=O) groups excluding carboxylic acids is 3. The minimum absolute atomic E-state index is 0.121. The molecule has 0 radical (unpaired) electrons. The number of hydrogen-bond donors (Lipinski definition) is 0. The van der Waals surface area contributed by atoms with E-state index in [1.165, 1.54) is 6.08 Å². The highest BCUT2D eigenvalue weighted by Gasteiger charge is 2.52. The zero-order valence-electron chi connectivity index (χ0n) is 12.0. The van der Waals surface area contributed by atoms with Gasteiger partial charge in [-0.3, -0.25) is 9.59 Å². The Labute approximate surface area is 118 Å². The van der Waals surface area contributed by atoms with E-state index in [1.807, 2.05) is 13.8 Å².